The average molecular weight is 364 g/mol. The van der Waals surface area contributed by atoms with Crippen molar-refractivity contribution in [3.8, 4) is 17.2 Å². The van der Waals surface area contributed by atoms with Crippen molar-refractivity contribution in [2.75, 3.05) is 7.11 Å². The number of ether oxygens (including phenoxy) is 2. The lowest BCUT2D eigenvalue weighted by Gasteiger charge is -2.08. The molecule has 7 heteroatoms. The van der Waals surface area contributed by atoms with Crippen LogP contribution in [0.2, 0.25) is 0 Å². The molecule has 0 amide bonds. The van der Waals surface area contributed by atoms with Crippen LogP contribution >= 0.6 is 0 Å². The molecule has 1 N–H and O–H groups in total. The second kappa shape index (κ2) is 8.24. The van der Waals surface area contributed by atoms with E-state index in [2.05, 4.69) is 4.74 Å². The predicted molar refractivity (Wildman–Crippen MR) is 90.9 cm³/mol. The van der Waals surface area contributed by atoms with Crippen LogP contribution < -0.4 is 9.47 Å². The van der Waals surface area contributed by atoms with Crippen LogP contribution in [0, 0.1) is 0 Å². The highest BCUT2D eigenvalue weighted by Crippen LogP contribution is 2.26. The summed E-state index contributed by atoms with van der Waals surface area (Å²) in [6, 6.07) is 9.77. The Morgan fingerprint density at radius 2 is 1.58 bits per heavy atom. The molecule has 0 radical (unpaired) electrons. The van der Waals surface area contributed by atoms with E-state index in [0.717, 1.165) is 12.1 Å². The lowest BCUT2D eigenvalue weighted by atomic mass is 10.1. The fourth-order valence-corrected chi connectivity index (χ4v) is 1.99. The summed E-state index contributed by atoms with van der Waals surface area (Å²) in [5.74, 6) is -0.361. The van der Waals surface area contributed by atoms with Crippen molar-refractivity contribution in [1.82, 2.24) is 0 Å². The quantitative estimate of drug-likeness (QED) is 0.762. The SMILES string of the molecule is COc1cc(/C=C/C(=O)/C=C/c2ccc(OC(F)(F)F)cc2)ccc1O. The Morgan fingerprint density at radius 1 is 1.00 bits per heavy atom. The van der Waals surface area contributed by atoms with Gasteiger partial charge in [0.1, 0.15) is 5.75 Å². The number of halogens is 3. The number of ketones is 1. The second-order valence-corrected chi connectivity index (χ2v) is 5.12. The molecule has 26 heavy (non-hydrogen) atoms. The van der Waals surface area contributed by atoms with E-state index in [0.29, 0.717) is 11.1 Å². The van der Waals surface area contributed by atoms with Crippen molar-refractivity contribution < 1.29 is 32.5 Å². The molecular weight excluding hydrogens is 349 g/mol. The first-order valence-corrected chi connectivity index (χ1v) is 7.40. The molecule has 0 fully saturated rings. The highest BCUT2D eigenvalue weighted by Gasteiger charge is 2.30. The predicted octanol–water partition coefficient (Wildman–Crippen LogP) is 4.60. The van der Waals surface area contributed by atoms with Gasteiger partial charge in [-0.25, -0.2) is 0 Å². The van der Waals surface area contributed by atoms with Crippen LogP contribution in [0.25, 0.3) is 12.2 Å². The first-order chi connectivity index (χ1) is 12.3. The summed E-state index contributed by atoms with van der Waals surface area (Å²) in [5.41, 5.74) is 1.21. The van der Waals surface area contributed by atoms with E-state index in [-0.39, 0.29) is 23.0 Å². The maximum atomic E-state index is 12.1. The molecule has 2 aromatic carbocycles. The van der Waals surface area contributed by atoms with Gasteiger partial charge in [0, 0.05) is 0 Å². The van der Waals surface area contributed by atoms with Crippen LogP contribution in [-0.4, -0.2) is 24.4 Å². The molecule has 136 valence electrons. The van der Waals surface area contributed by atoms with Crippen LogP contribution in [0.1, 0.15) is 11.1 Å². The van der Waals surface area contributed by atoms with Gasteiger partial charge in [-0.3, -0.25) is 4.79 Å². The molecule has 0 aliphatic rings. The number of aromatic hydroxyl groups is 1. The summed E-state index contributed by atoms with van der Waals surface area (Å²) < 4.78 is 45.0. The zero-order chi connectivity index (χ0) is 19.2. The molecule has 0 aromatic heterocycles. The first-order valence-electron chi connectivity index (χ1n) is 7.40. The fraction of sp³-hybridized carbons (Fsp3) is 0.105. The maximum Gasteiger partial charge on any atom is 0.573 e. The van der Waals surface area contributed by atoms with Crippen LogP contribution in [-0.2, 0) is 4.79 Å². The van der Waals surface area contributed by atoms with Gasteiger partial charge in [-0.05, 0) is 47.5 Å². The summed E-state index contributed by atoms with van der Waals surface area (Å²) in [7, 11) is 1.42. The molecule has 0 aliphatic carbocycles. The van der Waals surface area contributed by atoms with Gasteiger partial charge >= 0.3 is 6.36 Å². The van der Waals surface area contributed by atoms with E-state index in [4.69, 9.17) is 4.74 Å². The Kier molecular flexibility index (Phi) is 6.06. The Balaban J connectivity index is 1.98. The number of hydrogen-bond donors (Lipinski definition) is 1. The summed E-state index contributed by atoms with van der Waals surface area (Å²) in [6.45, 7) is 0. The zero-order valence-electron chi connectivity index (χ0n) is 13.7. The van der Waals surface area contributed by atoms with Gasteiger partial charge in [0.2, 0.25) is 0 Å². The van der Waals surface area contributed by atoms with E-state index >= 15 is 0 Å². The Labute approximate surface area is 147 Å². The lowest BCUT2D eigenvalue weighted by Crippen LogP contribution is -2.16. The first kappa shape index (κ1) is 19.1. The van der Waals surface area contributed by atoms with Crippen LogP contribution in [0.5, 0.6) is 17.2 Å². The van der Waals surface area contributed by atoms with Gasteiger partial charge in [0.25, 0.3) is 0 Å². The standard InChI is InChI=1S/C19H15F3O4/c1-25-18-12-14(6-11-17(18)24)3-8-15(23)7-2-13-4-9-16(10-5-13)26-19(20,21)22/h2-12,24H,1H3/b7-2+,8-3+. The van der Waals surface area contributed by atoms with E-state index in [9.17, 15) is 23.1 Å². The van der Waals surface area contributed by atoms with Gasteiger partial charge in [-0.2, -0.15) is 0 Å². The van der Waals surface area contributed by atoms with Crippen molar-refractivity contribution in [2.45, 2.75) is 6.36 Å². The Morgan fingerprint density at radius 3 is 2.15 bits per heavy atom. The molecule has 0 atom stereocenters. The maximum absolute atomic E-state index is 12.1. The number of rotatable bonds is 6. The molecule has 2 rings (SSSR count). The molecule has 0 unspecified atom stereocenters. The fourth-order valence-electron chi connectivity index (χ4n) is 1.99. The van der Waals surface area contributed by atoms with Gasteiger partial charge in [0.15, 0.2) is 17.3 Å². The molecule has 0 saturated heterocycles. The Hall–Kier alpha value is -3.22. The average Bonchev–Trinajstić information content (AvgIpc) is 2.59. The number of benzene rings is 2. The molecule has 0 bridgehead atoms. The van der Waals surface area contributed by atoms with Crippen molar-refractivity contribution in [2.24, 2.45) is 0 Å². The third-order valence-electron chi connectivity index (χ3n) is 3.20. The topological polar surface area (TPSA) is 55.8 Å². The van der Waals surface area contributed by atoms with E-state index in [1.54, 1.807) is 18.2 Å². The third-order valence-corrected chi connectivity index (χ3v) is 3.20. The number of carbonyl (C=O) groups excluding carboxylic acids is 1. The highest BCUT2D eigenvalue weighted by molar-refractivity contribution is 6.04. The molecule has 0 saturated carbocycles. The van der Waals surface area contributed by atoms with E-state index in [1.165, 1.54) is 43.5 Å². The van der Waals surface area contributed by atoms with Crippen LogP contribution in [0.4, 0.5) is 13.2 Å². The van der Waals surface area contributed by atoms with Crippen LogP contribution in [0.3, 0.4) is 0 Å². The summed E-state index contributed by atoms with van der Waals surface area (Å²) in [5, 5.41) is 9.51. The van der Waals surface area contributed by atoms with Crippen molar-refractivity contribution in [3.05, 3.63) is 65.7 Å². The van der Waals surface area contributed by atoms with Crippen molar-refractivity contribution >= 4 is 17.9 Å². The highest BCUT2D eigenvalue weighted by atomic mass is 19.4. The number of allylic oxidation sites excluding steroid dienone is 2. The Bertz CT molecular complexity index is 822. The van der Waals surface area contributed by atoms with Gasteiger partial charge in [-0.15, -0.1) is 13.2 Å². The smallest absolute Gasteiger partial charge is 0.504 e. The van der Waals surface area contributed by atoms with Gasteiger partial charge in [-0.1, -0.05) is 30.4 Å². The van der Waals surface area contributed by atoms with Crippen molar-refractivity contribution in [1.29, 1.82) is 0 Å². The number of phenolic OH excluding ortho intramolecular Hbond substituents is 1. The number of phenols is 1. The molecule has 2 aromatic rings. The number of hydrogen-bond acceptors (Lipinski definition) is 4. The molecule has 0 aliphatic heterocycles. The van der Waals surface area contributed by atoms with Gasteiger partial charge in [0.05, 0.1) is 7.11 Å². The minimum atomic E-state index is -4.74. The number of methoxy groups -OCH3 is 1. The van der Waals surface area contributed by atoms with Crippen LogP contribution in [0.15, 0.2) is 54.6 Å². The lowest BCUT2D eigenvalue weighted by molar-refractivity contribution is -0.274. The largest absolute Gasteiger partial charge is 0.573 e. The minimum Gasteiger partial charge on any atom is -0.504 e. The normalized spacial score (nSPS) is 11.8. The van der Waals surface area contributed by atoms with E-state index in [1.807, 2.05) is 0 Å². The second-order valence-electron chi connectivity index (χ2n) is 5.12. The molecule has 0 spiro atoms. The number of carbonyl (C=O) groups is 1. The molecular formula is C19H15F3O4. The molecule has 0 heterocycles. The zero-order valence-corrected chi connectivity index (χ0v) is 13.7. The monoisotopic (exact) mass is 364 g/mol. The summed E-state index contributed by atoms with van der Waals surface area (Å²) in [4.78, 5) is 11.8. The molecule has 4 nitrogen and oxygen atoms in total. The summed E-state index contributed by atoms with van der Waals surface area (Å²) >= 11 is 0. The van der Waals surface area contributed by atoms with Gasteiger partial charge < -0.3 is 14.6 Å². The van der Waals surface area contributed by atoms with Crippen molar-refractivity contribution in [3.63, 3.8) is 0 Å². The third kappa shape index (κ3) is 6.01. The summed E-state index contributed by atoms with van der Waals surface area (Å²) in [6.07, 6.45) is 0.891. The van der Waals surface area contributed by atoms with E-state index < -0.39 is 6.36 Å². The minimum absolute atomic E-state index is 0.00572. The number of alkyl halides is 3.